The molecule has 1 N–H and O–H groups in total. The molecule has 2 rings (SSSR count). The zero-order valence-electron chi connectivity index (χ0n) is 14.8. The molecule has 2 aliphatic rings. The van der Waals surface area contributed by atoms with Gasteiger partial charge in [-0.25, -0.2) is 8.42 Å². The summed E-state index contributed by atoms with van der Waals surface area (Å²) in [5, 5.41) is 2.58. The monoisotopic (exact) mass is 344 g/mol. The molecule has 3 atom stereocenters. The van der Waals surface area contributed by atoms with Crippen LogP contribution >= 0.6 is 0 Å². The molecule has 0 bridgehead atoms. The van der Waals surface area contributed by atoms with Crippen molar-refractivity contribution < 1.29 is 13.2 Å². The summed E-state index contributed by atoms with van der Waals surface area (Å²) in [6.07, 6.45) is 4.63. The van der Waals surface area contributed by atoms with E-state index in [9.17, 15) is 13.2 Å². The second-order valence-corrected chi connectivity index (χ2v) is 10.1. The SMILES string of the molecule is C[C@@H]1C[C@H](C)CN(C[C@H](C)NC(=O)CS(=O)(=O)C2CCCC2)C1. The van der Waals surface area contributed by atoms with Gasteiger partial charge in [-0.05, 0) is 38.0 Å². The lowest BCUT2D eigenvalue weighted by Crippen LogP contribution is -2.48. The molecule has 134 valence electrons. The molecule has 0 spiro atoms. The van der Waals surface area contributed by atoms with Crippen molar-refractivity contribution in [1.29, 1.82) is 0 Å². The van der Waals surface area contributed by atoms with Crippen LogP contribution in [0, 0.1) is 11.8 Å². The Morgan fingerprint density at radius 2 is 1.74 bits per heavy atom. The summed E-state index contributed by atoms with van der Waals surface area (Å²) in [5.74, 6) is 0.672. The van der Waals surface area contributed by atoms with E-state index < -0.39 is 9.84 Å². The third-order valence-electron chi connectivity index (χ3n) is 5.03. The summed E-state index contributed by atoms with van der Waals surface area (Å²) in [4.78, 5) is 14.5. The van der Waals surface area contributed by atoms with Gasteiger partial charge in [0.1, 0.15) is 5.75 Å². The number of hydrogen-bond donors (Lipinski definition) is 1. The third-order valence-corrected chi connectivity index (χ3v) is 7.18. The van der Waals surface area contributed by atoms with Crippen LogP contribution in [-0.2, 0) is 14.6 Å². The van der Waals surface area contributed by atoms with Gasteiger partial charge in [0.05, 0.1) is 5.25 Å². The van der Waals surface area contributed by atoms with Crippen molar-refractivity contribution in [1.82, 2.24) is 10.2 Å². The molecule has 1 amide bonds. The Morgan fingerprint density at radius 1 is 1.17 bits per heavy atom. The van der Waals surface area contributed by atoms with E-state index >= 15 is 0 Å². The topological polar surface area (TPSA) is 66.5 Å². The van der Waals surface area contributed by atoms with Gasteiger partial charge in [-0.3, -0.25) is 4.79 Å². The zero-order valence-corrected chi connectivity index (χ0v) is 15.6. The summed E-state index contributed by atoms with van der Waals surface area (Å²) >= 11 is 0. The number of carbonyl (C=O) groups excluding carboxylic acids is 1. The van der Waals surface area contributed by atoms with Gasteiger partial charge in [0, 0.05) is 25.7 Å². The lowest BCUT2D eigenvalue weighted by Gasteiger charge is -2.36. The molecule has 0 radical (unpaired) electrons. The number of likely N-dealkylation sites (tertiary alicyclic amines) is 1. The predicted octanol–water partition coefficient (Wildman–Crippen LogP) is 1.83. The second kappa shape index (κ2) is 7.97. The first-order chi connectivity index (χ1) is 10.8. The van der Waals surface area contributed by atoms with Crippen LogP contribution in [0.3, 0.4) is 0 Å². The van der Waals surface area contributed by atoms with Gasteiger partial charge in [-0.15, -0.1) is 0 Å². The largest absolute Gasteiger partial charge is 0.351 e. The Balaban J connectivity index is 1.78. The third kappa shape index (κ3) is 5.75. The van der Waals surface area contributed by atoms with Crippen molar-refractivity contribution in [3.05, 3.63) is 0 Å². The molecule has 1 saturated carbocycles. The molecule has 23 heavy (non-hydrogen) atoms. The van der Waals surface area contributed by atoms with Gasteiger partial charge in [0.25, 0.3) is 0 Å². The van der Waals surface area contributed by atoms with Gasteiger partial charge >= 0.3 is 0 Å². The molecule has 0 unspecified atom stereocenters. The number of sulfone groups is 1. The van der Waals surface area contributed by atoms with Crippen LogP contribution in [0.15, 0.2) is 0 Å². The van der Waals surface area contributed by atoms with Crippen LogP contribution in [0.4, 0.5) is 0 Å². The summed E-state index contributed by atoms with van der Waals surface area (Å²) in [6, 6.07) is -0.0150. The average molecular weight is 345 g/mol. The quantitative estimate of drug-likeness (QED) is 0.798. The van der Waals surface area contributed by atoms with Crippen LogP contribution in [0.2, 0.25) is 0 Å². The maximum atomic E-state index is 12.2. The van der Waals surface area contributed by atoms with Crippen LogP contribution in [-0.4, -0.2) is 55.9 Å². The molecular weight excluding hydrogens is 312 g/mol. The molecule has 0 aromatic rings. The Kier molecular flexibility index (Phi) is 6.48. The van der Waals surface area contributed by atoms with E-state index in [1.165, 1.54) is 6.42 Å². The van der Waals surface area contributed by atoms with E-state index in [1.54, 1.807) is 0 Å². The van der Waals surface area contributed by atoms with Crippen LogP contribution < -0.4 is 5.32 Å². The minimum atomic E-state index is -3.28. The maximum Gasteiger partial charge on any atom is 0.235 e. The molecule has 0 aromatic heterocycles. The fraction of sp³-hybridized carbons (Fsp3) is 0.941. The molecule has 1 aliphatic heterocycles. The lowest BCUT2D eigenvalue weighted by atomic mass is 9.92. The maximum absolute atomic E-state index is 12.2. The van der Waals surface area contributed by atoms with Crippen molar-refractivity contribution in [3.8, 4) is 0 Å². The molecule has 1 heterocycles. The number of amides is 1. The molecular formula is C17H32N2O3S. The van der Waals surface area contributed by atoms with Crippen molar-refractivity contribution in [3.63, 3.8) is 0 Å². The molecule has 1 saturated heterocycles. The standard InChI is InChI=1S/C17H32N2O3S/c1-13-8-14(2)10-19(9-13)11-15(3)18-17(20)12-23(21,22)16-6-4-5-7-16/h13-16H,4-12H2,1-3H3,(H,18,20)/t13-,14+,15-/m0/s1. The van der Waals surface area contributed by atoms with Crippen molar-refractivity contribution in [2.24, 2.45) is 11.8 Å². The highest BCUT2D eigenvalue weighted by atomic mass is 32.2. The van der Waals surface area contributed by atoms with Gasteiger partial charge in [0.15, 0.2) is 9.84 Å². The first-order valence-corrected chi connectivity index (χ1v) is 10.7. The number of hydrogen-bond acceptors (Lipinski definition) is 4. The van der Waals surface area contributed by atoms with E-state index in [0.29, 0.717) is 24.7 Å². The number of piperidine rings is 1. The highest BCUT2D eigenvalue weighted by Gasteiger charge is 2.31. The Hall–Kier alpha value is -0.620. The predicted molar refractivity (Wildman–Crippen MR) is 93.0 cm³/mol. The van der Waals surface area contributed by atoms with Crippen molar-refractivity contribution >= 4 is 15.7 Å². The average Bonchev–Trinajstić information content (AvgIpc) is 2.90. The lowest BCUT2D eigenvalue weighted by molar-refractivity contribution is -0.119. The number of nitrogens with one attached hydrogen (secondary N) is 1. The van der Waals surface area contributed by atoms with E-state index in [-0.39, 0.29) is 23.0 Å². The van der Waals surface area contributed by atoms with E-state index in [1.807, 2.05) is 6.92 Å². The minimum absolute atomic E-state index is 0.0150. The first-order valence-electron chi connectivity index (χ1n) is 8.99. The smallest absolute Gasteiger partial charge is 0.235 e. The molecule has 1 aliphatic carbocycles. The molecule has 2 fully saturated rings. The van der Waals surface area contributed by atoms with Crippen molar-refractivity contribution in [2.75, 3.05) is 25.4 Å². The highest BCUT2D eigenvalue weighted by Crippen LogP contribution is 2.25. The number of nitrogens with zero attached hydrogens (tertiary/aromatic N) is 1. The number of rotatable bonds is 6. The Bertz CT molecular complexity index is 490. The van der Waals surface area contributed by atoms with Crippen LogP contribution in [0.25, 0.3) is 0 Å². The Morgan fingerprint density at radius 3 is 2.30 bits per heavy atom. The highest BCUT2D eigenvalue weighted by molar-refractivity contribution is 7.92. The van der Waals surface area contributed by atoms with Gasteiger partial charge < -0.3 is 10.2 Å². The normalized spacial score (nSPS) is 28.7. The van der Waals surface area contributed by atoms with E-state index in [0.717, 1.165) is 32.5 Å². The summed E-state index contributed by atoms with van der Waals surface area (Å²) in [6.45, 7) is 9.41. The Labute approximate surface area is 141 Å². The molecule has 5 nitrogen and oxygen atoms in total. The first kappa shape index (κ1) is 18.7. The van der Waals surface area contributed by atoms with Crippen molar-refractivity contribution in [2.45, 2.75) is 64.2 Å². The number of carbonyl (C=O) groups is 1. The van der Waals surface area contributed by atoms with E-state index in [4.69, 9.17) is 0 Å². The fourth-order valence-electron chi connectivity index (χ4n) is 4.24. The van der Waals surface area contributed by atoms with E-state index in [2.05, 4.69) is 24.1 Å². The van der Waals surface area contributed by atoms with Gasteiger partial charge in [-0.1, -0.05) is 26.7 Å². The second-order valence-electron chi connectivity index (χ2n) is 7.85. The summed E-state index contributed by atoms with van der Waals surface area (Å²) < 4.78 is 24.5. The zero-order chi connectivity index (χ0) is 17.0. The summed E-state index contributed by atoms with van der Waals surface area (Å²) in [7, 11) is -3.28. The van der Waals surface area contributed by atoms with Gasteiger partial charge in [0.2, 0.25) is 5.91 Å². The molecule has 6 heteroatoms. The van der Waals surface area contributed by atoms with Crippen LogP contribution in [0.5, 0.6) is 0 Å². The molecule has 0 aromatic carbocycles. The van der Waals surface area contributed by atoms with Crippen LogP contribution in [0.1, 0.15) is 52.9 Å². The van der Waals surface area contributed by atoms with Gasteiger partial charge in [-0.2, -0.15) is 0 Å². The minimum Gasteiger partial charge on any atom is -0.351 e. The summed E-state index contributed by atoms with van der Waals surface area (Å²) in [5.41, 5.74) is 0. The fourth-order valence-corrected chi connectivity index (χ4v) is 5.97.